The molecule has 0 bridgehead atoms. The van der Waals surface area contributed by atoms with Crippen molar-refractivity contribution in [2.24, 2.45) is 0 Å². The Morgan fingerprint density at radius 2 is 0.657 bits per heavy atom. The lowest BCUT2D eigenvalue weighted by atomic mass is 9.93. The van der Waals surface area contributed by atoms with Gasteiger partial charge in [0, 0.05) is 22.3 Å². The van der Waals surface area contributed by atoms with E-state index >= 15 is 0 Å². The quantitative estimate of drug-likeness (QED) is 0.254. The van der Waals surface area contributed by atoms with Gasteiger partial charge in [-0.1, -0.05) is 46.5 Å². The molecular weight excluding hydrogens is 440 g/mol. The van der Waals surface area contributed by atoms with E-state index in [1.807, 2.05) is 52.0 Å². The lowest BCUT2D eigenvalue weighted by molar-refractivity contribution is 0.0259. The molecule has 0 saturated carbocycles. The van der Waals surface area contributed by atoms with E-state index < -0.39 is 12.2 Å². The maximum atomic E-state index is 10.8. The van der Waals surface area contributed by atoms with Crippen molar-refractivity contribution in [2.45, 2.75) is 39.9 Å². The summed E-state index contributed by atoms with van der Waals surface area (Å²) in [6, 6.07) is 20.8. The molecule has 5 nitrogen and oxygen atoms in total. The number of phenolic OH excluding ortho intramolecular Hbond substituents is 4. The van der Waals surface area contributed by atoms with Gasteiger partial charge in [-0.15, -0.1) is 0 Å². The van der Waals surface area contributed by atoms with E-state index in [4.69, 9.17) is 4.74 Å². The summed E-state index contributed by atoms with van der Waals surface area (Å²) >= 11 is 0. The zero-order valence-electron chi connectivity index (χ0n) is 20.3. The molecule has 35 heavy (non-hydrogen) atoms. The van der Waals surface area contributed by atoms with Gasteiger partial charge in [-0.25, -0.2) is 0 Å². The summed E-state index contributed by atoms with van der Waals surface area (Å²) in [5.74, 6) is 0.0636. The van der Waals surface area contributed by atoms with Crippen LogP contribution in [0.4, 0.5) is 0 Å². The van der Waals surface area contributed by atoms with Crippen LogP contribution in [0, 0.1) is 27.7 Å². The Labute approximate surface area is 205 Å². The minimum atomic E-state index is -0.903. The predicted octanol–water partition coefficient (Wildman–Crippen LogP) is 6.64. The predicted molar refractivity (Wildman–Crippen MR) is 136 cm³/mol. The van der Waals surface area contributed by atoms with Gasteiger partial charge in [0.2, 0.25) is 0 Å². The van der Waals surface area contributed by atoms with Gasteiger partial charge in [0.15, 0.2) is 0 Å². The van der Waals surface area contributed by atoms with Gasteiger partial charge in [-0.2, -0.15) is 0 Å². The van der Waals surface area contributed by atoms with Gasteiger partial charge in [0.25, 0.3) is 0 Å². The van der Waals surface area contributed by atoms with E-state index in [1.54, 1.807) is 48.5 Å². The molecule has 0 spiro atoms. The minimum Gasteiger partial charge on any atom is -0.508 e. The number of hydrogen-bond donors (Lipinski definition) is 4. The molecule has 0 fully saturated rings. The third-order valence-electron chi connectivity index (χ3n) is 6.13. The first kappa shape index (κ1) is 24.2. The van der Waals surface area contributed by atoms with Crippen LogP contribution in [-0.2, 0) is 4.74 Å². The fourth-order valence-corrected chi connectivity index (χ4v) is 4.30. The van der Waals surface area contributed by atoms with Crippen LogP contribution in [0.2, 0.25) is 0 Å². The summed E-state index contributed by atoms with van der Waals surface area (Å²) in [4.78, 5) is 0. The number of aromatic hydroxyl groups is 4. The van der Waals surface area contributed by atoms with Crippen LogP contribution in [0.25, 0.3) is 0 Å². The van der Waals surface area contributed by atoms with Gasteiger partial charge in [0.1, 0.15) is 35.2 Å². The van der Waals surface area contributed by atoms with Crippen molar-refractivity contribution in [1.29, 1.82) is 0 Å². The van der Waals surface area contributed by atoms with E-state index in [2.05, 4.69) is 0 Å². The van der Waals surface area contributed by atoms with Crippen LogP contribution < -0.4 is 0 Å². The molecule has 4 N–H and O–H groups in total. The summed E-state index contributed by atoms with van der Waals surface area (Å²) in [6.07, 6.45) is -1.81. The summed E-state index contributed by atoms with van der Waals surface area (Å²) < 4.78 is 6.70. The van der Waals surface area contributed by atoms with E-state index in [-0.39, 0.29) is 23.0 Å². The van der Waals surface area contributed by atoms with E-state index in [1.165, 1.54) is 0 Å². The third-order valence-corrected chi connectivity index (χ3v) is 6.13. The fraction of sp³-hybridized carbons (Fsp3) is 0.200. The Morgan fingerprint density at radius 3 is 0.886 bits per heavy atom. The van der Waals surface area contributed by atoms with Gasteiger partial charge >= 0.3 is 0 Å². The molecule has 5 heteroatoms. The second-order valence-corrected chi connectivity index (χ2v) is 9.15. The van der Waals surface area contributed by atoms with E-state index in [9.17, 15) is 20.4 Å². The van der Waals surface area contributed by atoms with E-state index in [0.717, 1.165) is 22.3 Å². The van der Waals surface area contributed by atoms with Crippen LogP contribution in [0.3, 0.4) is 0 Å². The highest BCUT2D eigenvalue weighted by Crippen LogP contribution is 2.45. The highest BCUT2D eigenvalue weighted by Gasteiger charge is 2.30. The first-order chi connectivity index (χ1) is 16.6. The van der Waals surface area contributed by atoms with Crippen molar-refractivity contribution < 1.29 is 25.2 Å². The highest BCUT2D eigenvalue weighted by molar-refractivity contribution is 5.50. The molecule has 0 saturated heterocycles. The third kappa shape index (κ3) is 5.10. The monoisotopic (exact) mass is 470 g/mol. The van der Waals surface area contributed by atoms with E-state index in [0.29, 0.717) is 22.3 Å². The van der Waals surface area contributed by atoms with Crippen LogP contribution in [-0.4, -0.2) is 20.4 Å². The summed E-state index contributed by atoms with van der Waals surface area (Å²) in [5.41, 5.74) is 5.51. The maximum Gasteiger partial charge on any atom is 0.121 e. The lowest BCUT2D eigenvalue weighted by Crippen LogP contribution is -2.15. The Kier molecular flexibility index (Phi) is 6.72. The zero-order chi connectivity index (χ0) is 25.3. The van der Waals surface area contributed by atoms with Crippen molar-refractivity contribution in [3.63, 3.8) is 0 Å². The number of rotatable bonds is 6. The Bertz CT molecular complexity index is 1170. The molecule has 0 amide bonds. The average Bonchev–Trinajstić information content (AvgIpc) is 2.82. The molecule has 4 aromatic carbocycles. The van der Waals surface area contributed by atoms with Gasteiger partial charge in [-0.05, 0) is 76.2 Å². The lowest BCUT2D eigenvalue weighted by Gasteiger charge is -2.29. The molecule has 0 aliphatic rings. The second-order valence-electron chi connectivity index (χ2n) is 9.15. The van der Waals surface area contributed by atoms with Crippen LogP contribution in [0.15, 0.2) is 72.8 Å². The topological polar surface area (TPSA) is 90.2 Å². The number of ether oxygens (including phenoxy) is 1. The molecule has 180 valence electrons. The number of benzene rings is 4. The standard InChI is InChI=1S/C30H30O5/c1-17-5-9-25(31)21(13-17)29(22-14-18(2)6-10-26(22)32)35-30(23-15-19(3)7-11-27(23)33)24-16-20(4)8-12-28(24)34/h5-16,29-34H,1-4H3. The fourth-order valence-electron chi connectivity index (χ4n) is 4.30. The largest absolute Gasteiger partial charge is 0.508 e. The van der Waals surface area contributed by atoms with Crippen molar-refractivity contribution in [3.05, 3.63) is 117 Å². The molecule has 0 aliphatic heterocycles. The van der Waals surface area contributed by atoms with Gasteiger partial charge in [-0.3, -0.25) is 0 Å². The SMILES string of the molecule is Cc1ccc(O)c(C(OC(c2cc(C)ccc2O)c2cc(C)ccc2O)c2cc(C)ccc2O)c1. The minimum absolute atomic E-state index is 0.0159. The zero-order valence-corrected chi connectivity index (χ0v) is 20.3. The smallest absolute Gasteiger partial charge is 0.121 e. The van der Waals surface area contributed by atoms with Crippen LogP contribution in [0.5, 0.6) is 23.0 Å². The van der Waals surface area contributed by atoms with Crippen molar-refractivity contribution >= 4 is 0 Å². The second kappa shape index (κ2) is 9.72. The Balaban J connectivity index is 1.97. The van der Waals surface area contributed by atoms with Crippen molar-refractivity contribution in [2.75, 3.05) is 0 Å². The average molecular weight is 471 g/mol. The first-order valence-electron chi connectivity index (χ1n) is 11.5. The van der Waals surface area contributed by atoms with Gasteiger partial charge < -0.3 is 25.2 Å². The van der Waals surface area contributed by atoms with Crippen molar-refractivity contribution in [3.8, 4) is 23.0 Å². The molecule has 0 heterocycles. The summed E-state index contributed by atoms with van der Waals surface area (Å²) in [6.45, 7) is 7.64. The highest BCUT2D eigenvalue weighted by atomic mass is 16.5. The molecule has 0 aromatic heterocycles. The Hall–Kier alpha value is -3.96. The molecule has 0 unspecified atom stereocenters. The molecule has 0 aliphatic carbocycles. The van der Waals surface area contributed by atoms with Crippen molar-refractivity contribution in [1.82, 2.24) is 0 Å². The molecular formula is C30H30O5. The first-order valence-corrected chi connectivity index (χ1v) is 11.5. The molecule has 0 atom stereocenters. The van der Waals surface area contributed by atoms with Crippen LogP contribution in [0.1, 0.15) is 56.7 Å². The van der Waals surface area contributed by atoms with Crippen LogP contribution >= 0.6 is 0 Å². The van der Waals surface area contributed by atoms with Gasteiger partial charge in [0.05, 0.1) is 0 Å². The number of hydrogen-bond acceptors (Lipinski definition) is 5. The molecule has 4 aromatic rings. The number of aryl methyl sites for hydroxylation is 4. The number of phenols is 4. The Morgan fingerprint density at radius 1 is 0.429 bits per heavy atom. The molecule has 4 rings (SSSR count). The normalized spacial score (nSPS) is 11.4. The summed E-state index contributed by atoms with van der Waals surface area (Å²) in [5, 5.41) is 43.3. The summed E-state index contributed by atoms with van der Waals surface area (Å²) in [7, 11) is 0. The maximum absolute atomic E-state index is 10.8. The molecule has 0 radical (unpaired) electrons.